The molecule has 0 fully saturated rings. The Morgan fingerprint density at radius 1 is 0.574 bits per heavy atom. The molecule has 0 spiro atoms. The Morgan fingerprint density at radius 3 is 1.55 bits per heavy atom. The fraction of sp³-hybridized carbons (Fsp3) is 0.0541. The Bertz CT molecular complexity index is 1810. The lowest BCUT2D eigenvalue weighted by Crippen LogP contribution is -2.02. The molecule has 2 heterocycles. The molecule has 0 atom stereocenters. The van der Waals surface area contributed by atoms with Crippen LogP contribution in [0.3, 0.4) is 0 Å². The fourth-order valence-corrected chi connectivity index (χ4v) is 4.50. The van der Waals surface area contributed by atoms with E-state index < -0.39 is 0 Å². The van der Waals surface area contributed by atoms with Gasteiger partial charge in [-0.25, -0.2) is 0 Å². The molecule has 6 aromatic rings. The molecule has 0 bridgehead atoms. The predicted molar refractivity (Wildman–Crippen MR) is 197 cm³/mol. The van der Waals surface area contributed by atoms with Crippen LogP contribution in [-0.2, 0) is 0 Å². The molecule has 0 saturated carbocycles. The van der Waals surface area contributed by atoms with Gasteiger partial charge >= 0.3 is 0 Å². The van der Waals surface area contributed by atoms with Gasteiger partial charge in [0.05, 0.1) is 28.5 Å². The molecule has 0 aliphatic heterocycles. The van der Waals surface area contributed by atoms with Gasteiger partial charge in [-0.3, -0.25) is 33.6 Å². The Labute approximate surface area is 276 Å². The van der Waals surface area contributed by atoms with Crippen LogP contribution in [0.25, 0.3) is 50.7 Å². The second kappa shape index (κ2) is 20.2. The number of nitrogens with two attached hydrogens (primary N) is 5. The summed E-state index contributed by atoms with van der Waals surface area (Å²) in [7, 11) is 0. The maximum absolute atomic E-state index is 8.37. The number of aromatic nitrogens is 4. The van der Waals surface area contributed by atoms with Gasteiger partial charge in [0.1, 0.15) is 0 Å². The van der Waals surface area contributed by atoms with Crippen molar-refractivity contribution in [3.05, 3.63) is 152 Å². The number of nitrogens with one attached hydrogen (secondary N) is 3. The minimum atomic E-state index is 0.369. The van der Waals surface area contributed by atoms with Crippen molar-refractivity contribution in [3.63, 3.8) is 0 Å². The molecular formula is C37H44N10. The van der Waals surface area contributed by atoms with Crippen LogP contribution in [0.2, 0.25) is 0 Å². The van der Waals surface area contributed by atoms with Gasteiger partial charge in [-0.15, -0.1) is 13.2 Å². The van der Waals surface area contributed by atoms with Crippen molar-refractivity contribution in [2.24, 2.45) is 29.1 Å². The van der Waals surface area contributed by atoms with E-state index in [0.29, 0.717) is 11.4 Å². The van der Waals surface area contributed by atoms with Crippen LogP contribution in [0, 0.1) is 5.41 Å². The smallest absolute Gasteiger partial charge is 0.0927 e. The molecule has 4 aromatic carbocycles. The highest BCUT2D eigenvalue weighted by molar-refractivity contribution is 6.10. The highest BCUT2D eigenvalue weighted by Crippen LogP contribution is 2.29. The summed E-state index contributed by atoms with van der Waals surface area (Å²) in [4.78, 5) is 0. The van der Waals surface area contributed by atoms with Gasteiger partial charge in [0, 0.05) is 28.0 Å². The molecule has 47 heavy (non-hydrogen) atoms. The quantitative estimate of drug-likeness (QED) is 0.0417. The van der Waals surface area contributed by atoms with Gasteiger partial charge < -0.3 is 11.1 Å². The molecule has 13 N–H and O–H groups in total. The fourth-order valence-electron chi connectivity index (χ4n) is 4.50. The zero-order chi connectivity index (χ0) is 34.6. The summed E-state index contributed by atoms with van der Waals surface area (Å²) in [6.07, 6.45) is 1.69. The first-order chi connectivity index (χ1) is 23.1. The highest BCUT2D eigenvalue weighted by Gasteiger charge is 2.11. The molecule has 0 aliphatic carbocycles. The zero-order valence-corrected chi connectivity index (χ0v) is 26.8. The summed E-state index contributed by atoms with van der Waals surface area (Å²) in [5.74, 6) is 16.0. The van der Waals surface area contributed by atoms with Crippen molar-refractivity contribution in [2.75, 3.05) is 0 Å². The standard InChI is InChI=1S/C33H26N6.C2H6.C2H4.2H4N2/c34-28(22-9-3-1-4-10-22)19-29(35)24-13-7-14-25(17-24)32-21-33(39-38-32)27-16-8-15-26(18-27)31-20-30(36-37-31)23-11-5-2-6-12-23;4*1-2/h1-21,34H,35H2,(H,36,37)(H,38,39);1-2H3;3*1-2H2/b29-19-,34-28?;;;;. The molecule has 0 amide bonds. The average Bonchev–Trinajstić information content (AvgIpc) is 3.88. The minimum Gasteiger partial charge on any atom is -0.398 e. The molecule has 0 aliphatic rings. The topological polar surface area (TPSA) is 211 Å². The first kappa shape index (κ1) is 37.3. The lowest BCUT2D eigenvalue weighted by atomic mass is 10.0. The number of aromatic amines is 2. The number of H-pyrrole nitrogens is 2. The van der Waals surface area contributed by atoms with Gasteiger partial charge in [-0.2, -0.15) is 10.2 Å². The second-order valence-electron chi connectivity index (χ2n) is 9.24. The van der Waals surface area contributed by atoms with Crippen molar-refractivity contribution in [2.45, 2.75) is 13.8 Å². The molecule has 2 aromatic heterocycles. The molecule has 10 nitrogen and oxygen atoms in total. The first-order valence-electron chi connectivity index (χ1n) is 14.8. The number of benzene rings is 4. The molecule has 242 valence electrons. The molecule has 10 heteroatoms. The van der Waals surface area contributed by atoms with E-state index in [1.807, 2.05) is 111 Å². The predicted octanol–water partition coefficient (Wildman–Crippen LogP) is 6.63. The van der Waals surface area contributed by atoms with Crippen molar-refractivity contribution in [1.82, 2.24) is 20.4 Å². The van der Waals surface area contributed by atoms with Crippen LogP contribution >= 0.6 is 0 Å². The maximum atomic E-state index is 8.37. The van der Waals surface area contributed by atoms with E-state index in [2.05, 4.69) is 81.2 Å². The Balaban J connectivity index is 0.000000894. The molecule has 0 radical (unpaired) electrons. The summed E-state index contributed by atoms with van der Waals surface area (Å²) < 4.78 is 0. The lowest BCUT2D eigenvalue weighted by molar-refractivity contribution is 1.10. The van der Waals surface area contributed by atoms with Crippen LogP contribution in [0.1, 0.15) is 25.0 Å². The Morgan fingerprint density at radius 2 is 1.00 bits per heavy atom. The van der Waals surface area contributed by atoms with Crippen LogP contribution in [-0.4, -0.2) is 26.1 Å². The second-order valence-corrected chi connectivity index (χ2v) is 9.24. The third-order valence-electron chi connectivity index (χ3n) is 6.59. The third kappa shape index (κ3) is 10.0. The summed E-state index contributed by atoms with van der Waals surface area (Å²) in [5, 5.41) is 23.8. The van der Waals surface area contributed by atoms with Gasteiger partial charge in [-0.05, 0) is 41.5 Å². The van der Waals surface area contributed by atoms with Gasteiger partial charge in [0.25, 0.3) is 0 Å². The van der Waals surface area contributed by atoms with E-state index in [-0.39, 0.29) is 0 Å². The number of nitrogens with zero attached hydrogens (tertiary/aromatic N) is 2. The minimum absolute atomic E-state index is 0.369. The Kier molecular flexibility index (Phi) is 16.0. The van der Waals surface area contributed by atoms with Crippen molar-refractivity contribution < 1.29 is 0 Å². The van der Waals surface area contributed by atoms with Gasteiger partial charge in [-0.1, -0.05) is 111 Å². The van der Waals surface area contributed by atoms with Gasteiger partial charge in [0.2, 0.25) is 0 Å². The summed E-state index contributed by atoms with van der Waals surface area (Å²) >= 11 is 0. The summed E-state index contributed by atoms with van der Waals surface area (Å²) in [6.45, 7) is 10.0. The number of allylic oxidation sites excluding steroid dienone is 1. The SMILES string of the molecule is C=C.CC.N=C(/C=C(\N)c1cccc(-c2cc(-c3cccc(-c4cc(-c5ccccc5)n[nH]4)c3)[nH]n2)c1)c1ccccc1.NN.NN. The van der Waals surface area contributed by atoms with Crippen LogP contribution < -0.4 is 29.1 Å². The van der Waals surface area contributed by atoms with E-state index in [4.69, 9.17) is 11.1 Å². The van der Waals surface area contributed by atoms with E-state index >= 15 is 0 Å². The summed E-state index contributed by atoms with van der Waals surface area (Å²) in [5.41, 5.74) is 16.6. The van der Waals surface area contributed by atoms with Crippen LogP contribution in [0.15, 0.2) is 141 Å². The van der Waals surface area contributed by atoms with Crippen molar-refractivity contribution in [3.8, 4) is 45.0 Å². The normalized spacial score (nSPS) is 9.96. The van der Waals surface area contributed by atoms with E-state index in [9.17, 15) is 0 Å². The number of hydrogen-bond donors (Lipinski definition) is 8. The van der Waals surface area contributed by atoms with Crippen LogP contribution in [0.4, 0.5) is 0 Å². The zero-order valence-electron chi connectivity index (χ0n) is 26.8. The first-order valence-corrected chi connectivity index (χ1v) is 14.8. The third-order valence-corrected chi connectivity index (χ3v) is 6.59. The monoisotopic (exact) mass is 628 g/mol. The van der Waals surface area contributed by atoms with Crippen LogP contribution in [0.5, 0.6) is 0 Å². The van der Waals surface area contributed by atoms with E-state index in [1.165, 1.54) is 0 Å². The summed E-state index contributed by atoms with van der Waals surface area (Å²) in [6, 6.07) is 39.9. The largest absolute Gasteiger partial charge is 0.398 e. The maximum Gasteiger partial charge on any atom is 0.0927 e. The van der Waals surface area contributed by atoms with E-state index in [1.54, 1.807) is 6.08 Å². The van der Waals surface area contributed by atoms with E-state index in [0.717, 1.165) is 56.2 Å². The number of rotatable bonds is 7. The van der Waals surface area contributed by atoms with Crippen molar-refractivity contribution in [1.29, 1.82) is 5.41 Å². The van der Waals surface area contributed by atoms with Gasteiger partial charge in [0.15, 0.2) is 0 Å². The number of hydrazine groups is 2. The van der Waals surface area contributed by atoms with Crippen molar-refractivity contribution >= 4 is 11.4 Å². The number of hydrogen-bond acceptors (Lipinski definition) is 8. The molecular weight excluding hydrogens is 584 g/mol. The molecule has 0 unspecified atom stereocenters. The average molecular weight is 629 g/mol. The Hall–Kier alpha value is -5.91. The lowest BCUT2D eigenvalue weighted by Gasteiger charge is -2.05. The highest BCUT2D eigenvalue weighted by atomic mass is 15.1. The molecule has 6 rings (SSSR count). The molecule has 0 saturated heterocycles.